The Balaban J connectivity index is 4.28. The molecule has 0 aromatic carbocycles. The van der Waals surface area contributed by atoms with E-state index in [9.17, 15) is 9.36 Å². The smallest absolute Gasteiger partial charge is 0.303 e. The van der Waals surface area contributed by atoms with E-state index in [2.05, 4.69) is 6.58 Å². The summed E-state index contributed by atoms with van der Waals surface area (Å²) in [5.74, 6) is 0.548. The Kier molecular flexibility index (Phi) is 8.06. The minimum absolute atomic E-state index is 0.199. The summed E-state index contributed by atoms with van der Waals surface area (Å²) in [5, 5.41) is 0. The van der Waals surface area contributed by atoms with Crippen molar-refractivity contribution in [3.8, 4) is 0 Å². The molecule has 0 rings (SSSR count). The predicted octanol–water partition coefficient (Wildman–Crippen LogP) is 3.68. The van der Waals surface area contributed by atoms with Crippen molar-refractivity contribution < 1.29 is 18.4 Å². The molecule has 0 fully saturated rings. The van der Waals surface area contributed by atoms with E-state index >= 15 is 0 Å². The van der Waals surface area contributed by atoms with Crippen molar-refractivity contribution in [3.05, 3.63) is 12.7 Å². The Labute approximate surface area is 94.9 Å². The van der Waals surface area contributed by atoms with Gasteiger partial charge in [-0.1, -0.05) is 17.8 Å². The van der Waals surface area contributed by atoms with Gasteiger partial charge in [0.15, 0.2) is 0 Å². The molecule has 0 atom stereocenters. The Hall–Kier alpha value is -0.0900. The number of carbonyl (C=O) groups excluding carboxylic acids is 1. The van der Waals surface area contributed by atoms with Gasteiger partial charge in [-0.25, -0.2) is 0 Å². The number of carbonyl (C=O) groups is 1. The third kappa shape index (κ3) is 5.52. The Morgan fingerprint density at radius 3 is 2.33 bits per heavy atom. The summed E-state index contributed by atoms with van der Waals surface area (Å²) in [7, 11) is -3.56. The fourth-order valence-electron chi connectivity index (χ4n) is 0.791. The van der Waals surface area contributed by atoms with E-state index in [1.807, 2.05) is 0 Å². The molecule has 0 aliphatic heterocycles. The van der Waals surface area contributed by atoms with Gasteiger partial charge in [-0.2, -0.15) is 0 Å². The second-order valence-corrected chi connectivity index (χ2v) is 5.81. The van der Waals surface area contributed by atoms with E-state index in [0.29, 0.717) is 12.2 Å². The van der Waals surface area contributed by atoms with Gasteiger partial charge in [0.05, 0.1) is 13.2 Å². The van der Waals surface area contributed by atoms with Crippen LogP contribution in [0.2, 0.25) is 0 Å². The maximum Gasteiger partial charge on any atom is 0.407 e. The summed E-state index contributed by atoms with van der Waals surface area (Å²) in [4.78, 5) is 11.0. The highest BCUT2D eigenvalue weighted by Gasteiger charge is 2.33. The standard InChI is InChI=1S/C9H17O4PS/c1-4-7-8-15-9(10)14(11,12-5-2)13-6-3/h4H,1,5-8H2,2-3H3. The molecule has 0 amide bonds. The number of rotatable bonds is 8. The molecule has 0 aromatic rings. The third-order valence-electron chi connectivity index (χ3n) is 1.37. The number of hydrogen-bond acceptors (Lipinski definition) is 5. The normalized spacial score (nSPS) is 11.3. The molecular formula is C9H17O4PS. The van der Waals surface area contributed by atoms with Gasteiger partial charge < -0.3 is 9.05 Å². The molecule has 0 radical (unpaired) electrons. The molecule has 0 N–H and O–H groups in total. The quantitative estimate of drug-likeness (QED) is 0.374. The van der Waals surface area contributed by atoms with Crippen LogP contribution in [0.25, 0.3) is 0 Å². The number of thioether (sulfide) groups is 1. The Morgan fingerprint density at radius 1 is 1.40 bits per heavy atom. The maximum absolute atomic E-state index is 11.9. The van der Waals surface area contributed by atoms with Crippen molar-refractivity contribution in [2.24, 2.45) is 0 Å². The van der Waals surface area contributed by atoms with Crippen LogP contribution in [0, 0.1) is 0 Å². The molecule has 0 aliphatic carbocycles. The van der Waals surface area contributed by atoms with E-state index in [4.69, 9.17) is 9.05 Å². The van der Waals surface area contributed by atoms with E-state index in [0.717, 1.165) is 11.8 Å². The van der Waals surface area contributed by atoms with Gasteiger partial charge in [0, 0.05) is 5.75 Å². The van der Waals surface area contributed by atoms with Crippen LogP contribution in [0.5, 0.6) is 0 Å². The van der Waals surface area contributed by atoms with Crippen LogP contribution in [-0.4, -0.2) is 23.8 Å². The van der Waals surface area contributed by atoms with Crippen LogP contribution in [0.15, 0.2) is 12.7 Å². The molecule has 0 saturated heterocycles. The number of allylic oxidation sites excluding steroid dienone is 1. The Bertz CT molecular complexity index is 244. The molecule has 6 heteroatoms. The minimum Gasteiger partial charge on any atom is -0.303 e. The van der Waals surface area contributed by atoms with Gasteiger partial charge in [0.1, 0.15) is 0 Å². The summed E-state index contributed by atoms with van der Waals surface area (Å²) >= 11 is 0.965. The molecule has 0 aromatic heterocycles. The first-order valence-electron chi connectivity index (χ1n) is 4.78. The summed E-state index contributed by atoms with van der Waals surface area (Å²) in [5.41, 5.74) is 0. The van der Waals surface area contributed by atoms with Crippen molar-refractivity contribution in [3.63, 3.8) is 0 Å². The van der Waals surface area contributed by atoms with Gasteiger partial charge >= 0.3 is 12.5 Å². The van der Waals surface area contributed by atoms with Crippen molar-refractivity contribution >= 4 is 24.2 Å². The Morgan fingerprint density at radius 2 is 1.93 bits per heavy atom. The largest absolute Gasteiger partial charge is 0.407 e. The van der Waals surface area contributed by atoms with Crippen molar-refractivity contribution in [2.45, 2.75) is 20.3 Å². The molecule has 0 heterocycles. The van der Waals surface area contributed by atoms with Crippen molar-refractivity contribution in [2.75, 3.05) is 19.0 Å². The monoisotopic (exact) mass is 252 g/mol. The van der Waals surface area contributed by atoms with Crippen molar-refractivity contribution in [1.82, 2.24) is 0 Å². The number of hydrogen-bond donors (Lipinski definition) is 0. The van der Waals surface area contributed by atoms with Crippen LogP contribution < -0.4 is 0 Å². The van der Waals surface area contributed by atoms with Crippen LogP contribution >= 0.6 is 19.4 Å². The fourth-order valence-corrected chi connectivity index (χ4v) is 3.44. The lowest BCUT2D eigenvalue weighted by Gasteiger charge is -2.14. The lowest BCUT2D eigenvalue weighted by Crippen LogP contribution is -2.02. The van der Waals surface area contributed by atoms with Gasteiger partial charge in [0.2, 0.25) is 0 Å². The highest BCUT2D eigenvalue weighted by molar-refractivity contribution is 8.25. The molecule has 4 nitrogen and oxygen atoms in total. The average molecular weight is 252 g/mol. The zero-order valence-electron chi connectivity index (χ0n) is 9.10. The molecule has 15 heavy (non-hydrogen) atoms. The van der Waals surface area contributed by atoms with Gasteiger partial charge in [0.25, 0.3) is 0 Å². The van der Waals surface area contributed by atoms with Crippen LogP contribution in [0.3, 0.4) is 0 Å². The van der Waals surface area contributed by atoms with Crippen LogP contribution in [0.4, 0.5) is 4.79 Å². The zero-order chi connectivity index (χ0) is 11.7. The molecule has 0 spiro atoms. The summed E-state index contributed by atoms with van der Waals surface area (Å²) in [6.07, 6.45) is 2.39. The molecular weight excluding hydrogens is 235 g/mol. The summed E-state index contributed by atoms with van der Waals surface area (Å²) < 4.78 is 21.7. The second kappa shape index (κ2) is 8.11. The van der Waals surface area contributed by atoms with Gasteiger partial charge in [-0.05, 0) is 20.3 Å². The molecule has 0 bridgehead atoms. The molecule has 0 aliphatic rings. The van der Waals surface area contributed by atoms with Gasteiger partial charge in [-0.15, -0.1) is 6.58 Å². The average Bonchev–Trinajstić information content (AvgIpc) is 2.18. The third-order valence-corrected chi connectivity index (χ3v) is 4.76. The van der Waals surface area contributed by atoms with E-state index < -0.39 is 12.5 Å². The first kappa shape index (κ1) is 14.9. The van der Waals surface area contributed by atoms with E-state index in [1.54, 1.807) is 19.9 Å². The van der Waals surface area contributed by atoms with E-state index in [-0.39, 0.29) is 13.2 Å². The maximum atomic E-state index is 11.9. The topological polar surface area (TPSA) is 52.6 Å². The lowest BCUT2D eigenvalue weighted by molar-refractivity contribution is 0.216. The van der Waals surface area contributed by atoms with Crippen LogP contribution in [0.1, 0.15) is 20.3 Å². The first-order chi connectivity index (χ1) is 7.10. The molecule has 88 valence electrons. The summed E-state index contributed by atoms with van der Waals surface area (Å²) in [6, 6.07) is 0. The molecule has 0 saturated carbocycles. The fraction of sp³-hybridized carbons (Fsp3) is 0.667. The lowest BCUT2D eigenvalue weighted by atomic mass is 10.5. The minimum atomic E-state index is -3.56. The highest BCUT2D eigenvalue weighted by atomic mass is 32.2. The SMILES string of the molecule is C=CCCSC(=O)P(=O)(OCC)OCC. The van der Waals surface area contributed by atoms with E-state index in [1.165, 1.54) is 0 Å². The second-order valence-electron chi connectivity index (χ2n) is 2.52. The van der Waals surface area contributed by atoms with Gasteiger partial charge in [-0.3, -0.25) is 9.36 Å². The van der Waals surface area contributed by atoms with Crippen LogP contribution in [-0.2, 0) is 13.6 Å². The molecule has 0 unspecified atom stereocenters. The highest BCUT2D eigenvalue weighted by Crippen LogP contribution is 2.53. The summed E-state index contributed by atoms with van der Waals surface area (Å²) in [6.45, 7) is 7.28. The first-order valence-corrected chi connectivity index (χ1v) is 7.30. The predicted molar refractivity (Wildman–Crippen MR) is 63.5 cm³/mol. The zero-order valence-corrected chi connectivity index (χ0v) is 10.8. The van der Waals surface area contributed by atoms with Crippen molar-refractivity contribution in [1.29, 1.82) is 0 Å².